The number of thioether (sulfide) groups is 1. The number of imide groups is 1. The maximum Gasteiger partial charge on any atom is 0.294 e. The third kappa shape index (κ3) is 6.16. The van der Waals surface area contributed by atoms with Crippen molar-refractivity contribution in [1.29, 1.82) is 0 Å². The van der Waals surface area contributed by atoms with Crippen molar-refractivity contribution in [2.75, 3.05) is 11.9 Å². The molecule has 0 aliphatic carbocycles. The van der Waals surface area contributed by atoms with Crippen LogP contribution < -0.4 is 10.1 Å². The van der Waals surface area contributed by atoms with Crippen molar-refractivity contribution in [3.05, 3.63) is 100 Å². The third-order valence-electron chi connectivity index (χ3n) is 5.33. The van der Waals surface area contributed by atoms with Gasteiger partial charge in [-0.2, -0.15) is 0 Å². The second-order valence-corrected chi connectivity index (χ2v) is 8.81. The first-order valence-electron chi connectivity index (χ1n) is 11.0. The average Bonchev–Trinajstić information content (AvgIpc) is 3.12. The summed E-state index contributed by atoms with van der Waals surface area (Å²) in [5.74, 6) is -0.810. The number of carbonyl (C=O) groups is 3. The summed E-state index contributed by atoms with van der Waals surface area (Å²) in [5.41, 5.74) is 3.14. The number of carbonyl (C=O) groups excluding carboxylic acids is 3. The molecule has 1 aliphatic rings. The van der Waals surface area contributed by atoms with E-state index in [-0.39, 0.29) is 23.9 Å². The second-order valence-electron chi connectivity index (χ2n) is 7.82. The van der Waals surface area contributed by atoms with E-state index < -0.39 is 17.1 Å². The Balaban J connectivity index is 1.42. The first kappa shape index (κ1) is 24.2. The minimum atomic E-state index is -0.537. The molecule has 0 spiro atoms. The largest absolute Gasteiger partial charge is 0.488 e. The van der Waals surface area contributed by atoms with Crippen LogP contribution in [0.1, 0.15) is 23.6 Å². The van der Waals surface area contributed by atoms with Crippen LogP contribution >= 0.6 is 11.8 Å². The Morgan fingerprint density at radius 2 is 1.69 bits per heavy atom. The van der Waals surface area contributed by atoms with Crippen LogP contribution in [0.15, 0.2) is 77.7 Å². The molecule has 1 fully saturated rings. The van der Waals surface area contributed by atoms with E-state index in [0.717, 1.165) is 34.2 Å². The fourth-order valence-corrected chi connectivity index (χ4v) is 4.25. The highest BCUT2D eigenvalue weighted by atomic mass is 32.2. The first-order chi connectivity index (χ1) is 16.9. The van der Waals surface area contributed by atoms with Crippen LogP contribution in [-0.4, -0.2) is 28.5 Å². The summed E-state index contributed by atoms with van der Waals surface area (Å²) in [6.45, 7) is 1.88. The van der Waals surface area contributed by atoms with E-state index in [4.69, 9.17) is 4.74 Å². The lowest BCUT2D eigenvalue weighted by Gasteiger charge is -2.13. The number of benzene rings is 3. The molecule has 3 amide bonds. The van der Waals surface area contributed by atoms with Crippen molar-refractivity contribution in [2.24, 2.45) is 0 Å². The van der Waals surface area contributed by atoms with Gasteiger partial charge in [0.1, 0.15) is 24.7 Å². The molecule has 0 bridgehead atoms. The summed E-state index contributed by atoms with van der Waals surface area (Å²) in [6.07, 6.45) is 2.46. The normalized spacial score (nSPS) is 14.5. The predicted molar refractivity (Wildman–Crippen MR) is 134 cm³/mol. The molecule has 0 atom stereocenters. The molecule has 0 unspecified atom stereocenters. The zero-order chi connectivity index (χ0) is 24.8. The molecule has 0 saturated carbocycles. The molecule has 35 heavy (non-hydrogen) atoms. The fraction of sp³-hybridized carbons (Fsp3) is 0.148. The zero-order valence-electron chi connectivity index (χ0n) is 19.0. The second kappa shape index (κ2) is 11.0. The number of aryl methyl sites for hydroxylation is 1. The van der Waals surface area contributed by atoms with Crippen LogP contribution in [0.3, 0.4) is 0 Å². The number of nitrogens with one attached hydrogen (secondary N) is 1. The monoisotopic (exact) mass is 490 g/mol. The quantitative estimate of drug-likeness (QED) is 0.414. The zero-order valence-corrected chi connectivity index (χ0v) is 19.8. The smallest absolute Gasteiger partial charge is 0.294 e. The fourth-order valence-electron chi connectivity index (χ4n) is 3.42. The van der Waals surface area contributed by atoms with Gasteiger partial charge in [0.25, 0.3) is 11.1 Å². The topological polar surface area (TPSA) is 75.7 Å². The highest BCUT2D eigenvalue weighted by Gasteiger charge is 2.36. The van der Waals surface area contributed by atoms with Crippen LogP contribution in [0.4, 0.5) is 14.9 Å². The SMILES string of the molecule is CCc1ccc(NC(=O)CN2C(=O)S/C(=C\c3ccccc3OCc3ccc(F)cc3)C2=O)cc1. The molecular formula is C27H23FN2O4S. The van der Waals surface area contributed by atoms with Gasteiger partial charge in [-0.15, -0.1) is 0 Å². The van der Waals surface area contributed by atoms with Crippen molar-refractivity contribution >= 4 is 40.6 Å². The first-order valence-corrected chi connectivity index (χ1v) is 11.8. The van der Waals surface area contributed by atoms with E-state index in [1.807, 2.05) is 19.1 Å². The van der Waals surface area contributed by atoms with Gasteiger partial charge in [0.15, 0.2) is 0 Å². The molecule has 1 N–H and O–H groups in total. The van der Waals surface area contributed by atoms with E-state index in [0.29, 0.717) is 17.0 Å². The van der Waals surface area contributed by atoms with Crippen LogP contribution in [0.5, 0.6) is 5.75 Å². The van der Waals surface area contributed by atoms with E-state index >= 15 is 0 Å². The van der Waals surface area contributed by atoms with Crippen LogP contribution in [0, 0.1) is 5.82 Å². The number of nitrogens with zero attached hydrogens (tertiary/aromatic N) is 1. The molecular weight excluding hydrogens is 467 g/mol. The van der Waals surface area contributed by atoms with Crippen molar-refractivity contribution in [1.82, 2.24) is 4.90 Å². The van der Waals surface area contributed by atoms with Crippen molar-refractivity contribution in [3.8, 4) is 5.75 Å². The van der Waals surface area contributed by atoms with Crippen LogP contribution in [-0.2, 0) is 22.6 Å². The molecule has 6 nitrogen and oxygen atoms in total. The Morgan fingerprint density at radius 3 is 2.40 bits per heavy atom. The number of hydrogen-bond donors (Lipinski definition) is 1. The maximum absolute atomic E-state index is 13.1. The molecule has 0 radical (unpaired) electrons. The molecule has 4 rings (SSSR count). The number of para-hydroxylation sites is 1. The maximum atomic E-state index is 13.1. The average molecular weight is 491 g/mol. The van der Waals surface area contributed by atoms with Gasteiger partial charge in [0, 0.05) is 11.3 Å². The molecule has 178 valence electrons. The summed E-state index contributed by atoms with van der Waals surface area (Å²) < 4.78 is 19.0. The number of amides is 3. The lowest BCUT2D eigenvalue weighted by molar-refractivity contribution is -0.127. The highest BCUT2D eigenvalue weighted by Crippen LogP contribution is 2.34. The van der Waals surface area contributed by atoms with E-state index in [1.54, 1.807) is 54.6 Å². The summed E-state index contributed by atoms with van der Waals surface area (Å²) >= 11 is 0.776. The summed E-state index contributed by atoms with van der Waals surface area (Å²) in [5, 5.41) is 2.20. The Morgan fingerprint density at radius 1 is 1.00 bits per heavy atom. The Kier molecular flexibility index (Phi) is 7.62. The standard InChI is InChI=1S/C27H23FN2O4S/c1-2-18-9-13-22(14-10-18)29-25(31)16-30-26(32)24(35-27(30)33)15-20-5-3-4-6-23(20)34-17-19-7-11-21(28)12-8-19/h3-15H,2,16-17H2,1H3,(H,29,31)/b24-15-. The van der Waals surface area contributed by atoms with Gasteiger partial charge in [-0.1, -0.05) is 49.4 Å². The van der Waals surface area contributed by atoms with Gasteiger partial charge >= 0.3 is 0 Å². The Labute approximate surface area is 206 Å². The van der Waals surface area contributed by atoms with Gasteiger partial charge < -0.3 is 10.1 Å². The van der Waals surface area contributed by atoms with Crippen molar-refractivity contribution in [3.63, 3.8) is 0 Å². The van der Waals surface area contributed by atoms with E-state index in [1.165, 1.54) is 12.1 Å². The van der Waals surface area contributed by atoms with Crippen molar-refractivity contribution < 1.29 is 23.5 Å². The van der Waals surface area contributed by atoms with E-state index in [2.05, 4.69) is 5.32 Å². The van der Waals surface area contributed by atoms with Gasteiger partial charge in [-0.05, 0) is 65.7 Å². The van der Waals surface area contributed by atoms with Gasteiger partial charge in [-0.3, -0.25) is 19.3 Å². The van der Waals surface area contributed by atoms with E-state index in [9.17, 15) is 18.8 Å². The molecule has 8 heteroatoms. The Hall–Kier alpha value is -3.91. The molecule has 0 aromatic heterocycles. The molecule has 3 aromatic carbocycles. The lowest BCUT2D eigenvalue weighted by Crippen LogP contribution is -2.36. The summed E-state index contributed by atoms with van der Waals surface area (Å²) in [7, 11) is 0. The molecule has 1 heterocycles. The molecule has 1 aliphatic heterocycles. The number of anilines is 1. The van der Waals surface area contributed by atoms with Gasteiger partial charge in [0.05, 0.1) is 4.91 Å². The van der Waals surface area contributed by atoms with Gasteiger partial charge in [0.2, 0.25) is 5.91 Å². The number of rotatable bonds is 8. The Bertz CT molecular complexity index is 1270. The van der Waals surface area contributed by atoms with Crippen LogP contribution in [0.2, 0.25) is 0 Å². The minimum Gasteiger partial charge on any atom is -0.488 e. The number of halogens is 1. The van der Waals surface area contributed by atoms with Gasteiger partial charge in [-0.25, -0.2) is 4.39 Å². The molecule has 1 saturated heterocycles. The third-order valence-corrected chi connectivity index (χ3v) is 6.24. The number of hydrogen-bond acceptors (Lipinski definition) is 5. The minimum absolute atomic E-state index is 0.202. The predicted octanol–water partition coefficient (Wildman–Crippen LogP) is 5.64. The van der Waals surface area contributed by atoms with Crippen molar-refractivity contribution in [2.45, 2.75) is 20.0 Å². The molecule has 3 aromatic rings. The van der Waals surface area contributed by atoms with Crippen LogP contribution in [0.25, 0.3) is 6.08 Å². The number of ether oxygens (including phenoxy) is 1. The lowest BCUT2D eigenvalue weighted by atomic mass is 10.1. The summed E-state index contributed by atoms with van der Waals surface area (Å²) in [6, 6.07) is 20.5. The highest BCUT2D eigenvalue weighted by molar-refractivity contribution is 8.18. The summed E-state index contributed by atoms with van der Waals surface area (Å²) in [4.78, 5) is 38.9.